The van der Waals surface area contributed by atoms with E-state index in [0.29, 0.717) is 16.3 Å². The topological polar surface area (TPSA) is 95.1 Å². The van der Waals surface area contributed by atoms with Crippen LogP contribution in [0.3, 0.4) is 0 Å². The molecule has 3 aromatic rings. The predicted octanol–water partition coefficient (Wildman–Crippen LogP) is 5.46. The van der Waals surface area contributed by atoms with Gasteiger partial charge in [-0.25, -0.2) is 0 Å². The number of hydrogen-bond acceptors (Lipinski definition) is 5. The molecule has 0 atom stereocenters. The number of benzene rings is 2. The van der Waals surface area contributed by atoms with Gasteiger partial charge in [0.25, 0.3) is 5.91 Å². The molecule has 3 rings (SSSR count). The maximum Gasteiger partial charge on any atom is 0.260 e. The van der Waals surface area contributed by atoms with E-state index >= 15 is 0 Å². The van der Waals surface area contributed by atoms with Crippen molar-refractivity contribution in [3.8, 4) is 11.5 Å². The number of carbonyl (C=O) groups is 1. The number of amides is 1. The number of fused-ring (bicyclic) bond motifs is 2. The van der Waals surface area contributed by atoms with Crippen molar-refractivity contribution < 1.29 is 19.4 Å². The largest absolute Gasteiger partial charge is 0.502 e. The van der Waals surface area contributed by atoms with Crippen LogP contribution in [0.25, 0.3) is 16.7 Å². The number of hydrogen-bond donors (Lipinski definition) is 3. The predicted molar refractivity (Wildman–Crippen MR) is 107 cm³/mol. The van der Waals surface area contributed by atoms with E-state index in [1.54, 1.807) is 31.3 Å². The number of anilines is 1. The van der Waals surface area contributed by atoms with Gasteiger partial charge >= 0.3 is 0 Å². The van der Waals surface area contributed by atoms with Gasteiger partial charge in [-0.2, -0.15) is 0 Å². The van der Waals surface area contributed by atoms with Gasteiger partial charge in [-0.3, -0.25) is 9.79 Å². The highest BCUT2D eigenvalue weighted by Crippen LogP contribution is 2.48. The summed E-state index contributed by atoms with van der Waals surface area (Å²) in [6, 6.07) is 4.61. The smallest absolute Gasteiger partial charge is 0.260 e. The van der Waals surface area contributed by atoms with E-state index in [0.717, 1.165) is 0 Å². The van der Waals surface area contributed by atoms with Crippen molar-refractivity contribution in [2.45, 2.75) is 6.92 Å². The van der Waals surface area contributed by atoms with Crippen molar-refractivity contribution in [1.82, 2.24) is 0 Å². The number of halogens is 2. The van der Waals surface area contributed by atoms with Crippen molar-refractivity contribution in [1.29, 1.82) is 0 Å². The molecule has 2 heterocycles. The molecule has 138 valence electrons. The van der Waals surface area contributed by atoms with Gasteiger partial charge in [0.15, 0.2) is 11.2 Å². The lowest BCUT2D eigenvalue weighted by Gasteiger charge is -2.09. The summed E-state index contributed by atoms with van der Waals surface area (Å²) in [5, 5.41) is 23.3. The van der Waals surface area contributed by atoms with Crippen molar-refractivity contribution in [3.05, 3.63) is 58.2 Å². The zero-order valence-electron chi connectivity index (χ0n) is 14.1. The Morgan fingerprint density at radius 3 is 2.48 bits per heavy atom. The standard InChI is InChI=1S/C19H14Cl2N2O4/c1-3-22-7-6-9(2)13-14(18-16(25)15(24)17(13)27-18)19(26)23-10-4-5-11(20)12(21)8-10/h3-8,24-25H,2H2,1H3,(H,23,26)/b7-6-,22-3?. The van der Waals surface area contributed by atoms with Crippen LogP contribution in [0, 0.1) is 0 Å². The van der Waals surface area contributed by atoms with Crippen molar-refractivity contribution in [3.63, 3.8) is 0 Å². The van der Waals surface area contributed by atoms with Crippen LogP contribution in [-0.4, -0.2) is 22.3 Å². The molecule has 0 unspecified atom stereocenters. The minimum atomic E-state index is -0.569. The number of allylic oxidation sites excluding steroid dienone is 2. The first-order chi connectivity index (χ1) is 12.8. The number of aromatic hydroxyl groups is 2. The second-order valence-corrected chi connectivity index (χ2v) is 6.35. The van der Waals surface area contributed by atoms with Gasteiger partial charge in [0, 0.05) is 23.7 Å². The first kappa shape index (κ1) is 18.8. The van der Waals surface area contributed by atoms with Gasteiger partial charge in [0.2, 0.25) is 11.5 Å². The van der Waals surface area contributed by atoms with E-state index in [-0.39, 0.29) is 27.3 Å². The third-order valence-electron chi connectivity index (χ3n) is 3.80. The monoisotopic (exact) mass is 404 g/mol. The van der Waals surface area contributed by atoms with E-state index in [1.165, 1.54) is 12.3 Å². The molecule has 1 amide bonds. The van der Waals surface area contributed by atoms with Crippen LogP contribution in [0.5, 0.6) is 11.5 Å². The second-order valence-electron chi connectivity index (χ2n) is 5.54. The second kappa shape index (κ2) is 7.34. The lowest BCUT2D eigenvalue weighted by molar-refractivity contribution is 0.102. The Morgan fingerprint density at radius 1 is 1.19 bits per heavy atom. The highest BCUT2D eigenvalue weighted by molar-refractivity contribution is 6.42. The van der Waals surface area contributed by atoms with E-state index in [1.807, 2.05) is 0 Å². The molecule has 8 heteroatoms. The zero-order valence-corrected chi connectivity index (χ0v) is 15.6. The summed E-state index contributed by atoms with van der Waals surface area (Å²) in [6.07, 6.45) is 4.63. The average molecular weight is 405 g/mol. The van der Waals surface area contributed by atoms with Crippen LogP contribution in [0.4, 0.5) is 5.69 Å². The Labute approximate surface area is 164 Å². The van der Waals surface area contributed by atoms with E-state index < -0.39 is 17.4 Å². The molecular weight excluding hydrogens is 391 g/mol. The lowest BCUT2D eigenvalue weighted by Crippen LogP contribution is -2.13. The quantitative estimate of drug-likeness (QED) is 0.299. The van der Waals surface area contributed by atoms with Crippen molar-refractivity contribution >= 4 is 57.8 Å². The Hall–Kier alpha value is -2.96. The fourth-order valence-electron chi connectivity index (χ4n) is 2.57. The van der Waals surface area contributed by atoms with Crippen LogP contribution in [0.2, 0.25) is 10.0 Å². The first-order valence-corrected chi connectivity index (χ1v) is 8.50. The molecule has 0 radical (unpaired) electrons. The third kappa shape index (κ3) is 3.37. The molecule has 27 heavy (non-hydrogen) atoms. The molecule has 0 saturated carbocycles. The van der Waals surface area contributed by atoms with Crippen LogP contribution in [0.1, 0.15) is 22.8 Å². The number of rotatable bonds is 5. The fraction of sp³-hybridized carbons (Fsp3) is 0.0526. The van der Waals surface area contributed by atoms with Gasteiger partial charge in [-0.15, -0.1) is 0 Å². The first-order valence-electron chi connectivity index (χ1n) is 7.74. The number of phenols is 2. The molecule has 2 bridgehead atoms. The summed E-state index contributed by atoms with van der Waals surface area (Å²) in [7, 11) is 0. The van der Waals surface area contributed by atoms with E-state index in [2.05, 4.69) is 16.9 Å². The summed E-state index contributed by atoms with van der Waals surface area (Å²) in [4.78, 5) is 16.8. The summed E-state index contributed by atoms with van der Waals surface area (Å²) < 4.78 is 5.40. The number of furan rings is 2. The zero-order chi connectivity index (χ0) is 19.7. The minimum absolute atomic E-state index is 0.0306. The number of aliphatic imine (C=N–C) groups is 1. The van der Waals surface area contributed by atoms with E-state index in [4.69, 9.17) is 27.6 Å². The highest BCUT2D eigenvalue weighted by atomic mass is 35.5. The highest BCUT2D eigenvalue weighted by Gasteiger charge is 2.31. The Kier molecular flexibility index (Phi) is 5.12. The summed E-state index contributed by atoms with van der Waals surface area (Å²) in [6.45, 7) is 5.64. The molecule has 0 fully saturated rings. The normalized spacial score (nSPS) is 11.8. The SMILES string of the molecule is C=C(/C=C\N=CC)c1c(C(=O)Nc2ccc(Cl)c(Cl)c2)c2oc1c(O)c2O. The average Bonchev–Trinajstić information content (AvgIpc) is 3.15. The van der Waals surface area contributed by atoms with Gasteiger partial charge < -0.3 is 19.9 Å². The molecule has 1 aromatic carbocycles. The summed E-state index contributed by atoms with van der Waals surface area (Å²) in [5.74, 6) is -1.52. The maximum atomic E-state index is 12.8. The molecule has 3 N–H and O–H groups in total. The fourth-order valence-corrected chi connectivity index (χ4v) is 2.87. The maximum absolute atomic E-state index is 12.8. The molecule has 6 nitrogen and oxygen atoms in total. The molecule has 0 spiro atoms. The van der Waals surface area contributed by atoms with Crippen molar-refractivity contribution in [2.75, 3.05) is 5.32 Å². The summed E-state index contributed by atoms with van der Waals surface area (Å²) >= 11 is 11.8. The van der Waals surface area contributed by atoms with Crippen LogP contribution in [-0.2, 0) is 0 Å². The number of carbonyl (C=O) groups excluding carboxylic acids is 1. The molecule has 0 saturated heterocycles. The van der Waals surface area contributed by atoms with Crippen LogP contribution < -0.4 is 5.32 Å². The third-order valence-corrected chi connectivity index (χ3v) is 4.54. The number of nitrogens with zero attached hydrogens (tertiary/aromatic N) is 1. The number of nitrogens with one attached hydrogen (secondary N) is 1. The Morgan fingerprint density at radius 2 is 1.85 bits per heavy atom. The lowest BCUT2D eigenvalue weighted by atomic mass is 9.99. The van der Waals surface area contributed by atoms with E-state index in [9.17, 15) is 15.0 Å². The Balaban J connectivity index is 2.04. The molecular formula is C19H14Cl2N2O4. The molecule has 0 aliphatic heterocycles. The van der Waals surface area contributed by atoms with Crippen molar-refractivity contribution in [2.24, 2.45) is 4.99 Å². The van der Waals surface area contributed by atoms with Crippen LogP contribution in [0.15, 0.2) is 46.5 Å². The Bertz CT molecular complexity index is 1100. The van der Waals surface area contributed by atoms with Gasteiger partial charge in [-0.1, -0.05) is 29.8 Å². The van der Waals surface area contributed by atoms with Gasteiger partial charge in [-0.05, 0) is 36.8 Å². The summed E-state index contributed by atoms with van der Waals surface area (Å²) in [5.41, 5.74) is 0.922. The number of phenolic OH excluding ortho intramolecular Hbond substituents is 2. The molecule has 0 aliphatic rings. The van der Waals surface area contributed by atoms with Crippen LogP contribution >= 0.6 is 23.2 Å². The van der Waals surface area contributed by atoms with Gasteiger partial charge in [0.1, 0.15) is 0 Å². The molecule has 2 aromatic heterocycles. The van der Waals surface area contributed by atoms with Gasteiger partial charge in [0.05, 0.1) is 15.6 Å². The minimum Gasteiger partial charge on any atom is -0.502 e. The molecule has 0 aliphatic carbocycles.